The molecule has 0 radical (unpaired) electrons. The summed E-state index contributed by atoms with van der Waals surface area (Å²) in [7, 11) is 0. The van der Waals surface area contributed by atoms with Gasteiger partial charge in [0.05, 0.1) is 29.0 Å². The smallest absolute Gasteiger partial charge is 0.258 e. The Morgan fingerprint density at radius 3 is 2.77 bits per heavy atom. The summed E-state index contributed by atoms with van der Waals surface area (Å²) < 4.78 is 21.6. The summed E-state index contributed by atoms with van der Waals surface area (Å²) in [5, 5.41) is 12.2. The quantitative estimate of drug-likeness (QED) is 0.531. The van der Waals surface area contributed by atoms with Crippen LogP contribution < -0.4 is 5.56 Å². The highest BCUT2D eigenvalue weighted by Gasteiger charge is 2.41. The zero-order valence-corrected chi connectivity index (χ0v) is 18.0. The lowest BCUT2D eigenvalue weighted by atomic mass is 9.84. The van der Waals surface area contributed by atoms with Gasteiger partial charge >= 0.3 is 0 Å². The van der Waals surface area contributed by atoms with E-state index in [1.807, 2.05) is 19.1 Å². The van der Waals surface area contributed by atoms with Crippen LogP contribution in [0.5, 0.6) is 0 Å². The lowest BCUT2D eigenvalue weighted by Crippen LogP contribution is -2.38. The van der Waals surface area contributed by atoms with Gasteiger partial charge in [-0.25, -0.2) is 9.37 Å². The molecule has 0 fully saturated rings. The average molecular weight is 420 g/mol. The van der Waals surface area contributed by atoms with E-state index in [0.717, 1.165) is 29.4 Å². The van der Waals surface area contributed by atoms with Gasteiger partial charge in [-0.3, -0.25) is 4.79 Å². The molecule has 0 saturated carbocycles. The van der Waals surface area contributed by atoms with Crippen LogP contribution in [0.2, 0.25) is 0 Å². The lowest BCUT2D eigenvalue weighted by molar-refractivity contribution is -0.0172. The number of halogens is 1. The topological polar surface area (TPSA) is 64.4 Å². The van der Waals surface area contributed by atoms with E-state index in [2.05, 4.69) is 13.5 Å². The molecule has 0 aliphatic carbocycles. The fourth-order valence-electron chi connectivity index (χ4n) is 4.94. The van der Waals surface area contributed by atoms with Crippen LogP contribution in [0, 0.1) is 12.7 Å². The van der Waals surface area contributed by atoms with E-state index in [-0.39, 0.29) is 23.7 Å². The Morgan fingerprint density at radius 2 is 2.06 bits per heavy atom. The van der Waals surface area contributed by atoms with Crippen LogP contribution >= 0.6 is 0 Å². The van der Waals surface area contributed by atoms with Gasteiger partial charge in [0.15, 0.2) is 0 Å². The second-order valence-corrected chi connectivity index (χ2v) is 8.52. The fourth-order valence-corrected chi connectivity index (χ4v) is 4.94. The molecular weight excluding hydrogens is 395 g/mol. The van der Waals surface area contributed by atoms with Crippen molar-refractivity contribution in [3.63, 3.8) is 0 Å². The number of hydrogen-bond donors (Lipinski definition) is 1. The standard InChI is InChI=1S/C25H25FN2O3/c1-5-7-15-16-8-13(3)20(26)10-21(16)27-23-17(15)11-28-22(23)9-19-18(24(28)29)12-31-14(4)25(19,30)6-2/h8-10,30H,4-7,11-12H2,1-3H3/t25-/m1/s1. The molecule has 2 aliphatic heterocycles. The van der Waals surface area contributed by atoms with E-state index in [1.54, 1.807) is 11.5 Å². The SMILES string of the molecule is C=C1OCc2c(cc3n(c2=O)Cc2c-3nc3cc(F)c(C)cc3c2CCC)[C@@]1(O)CC. The van der Waals surface area contributed by atoms with E-state index >= 15 is 0 Å². The maximum atomic E-state index is 14.3. The molecular formula is C25H25FN2O3. The summed E-state index contributed by atoms with van der Waals surface area (Å²) >= 11 is 0. The van der Waals surface area contributed by atoms with Crippen LogP contribution in [0.15, 0.2) is 35.3 Å². The number of hydrogen-bond acceptors (Lipinski definition) is 4. The molecule has 0 amide bonds. The van der Waals surface area contributed by atoms with Crippen molar-refractivity contribution >= 4 is 10.9 Å². The van der Waals surface area contributed by atoms with E-state index < -0.39 is 5.60 Å². The van der Waals surface area contributed by atoms with Crippen molar-refractivity contribution in [2.45, 2.75) is 58.8 Å². The minimum atomic E-state index is -1.42. The first-order valence-electron chi connectivity index (χ1n) is 10.7. The van der Waals surface area contributed by atoms with E-state index in [9.17, 15) is 14.3 Å². The molecule has 160 valence electrons. The third kappa shape index (κ3) is 2.64. The van der Waals surface area contributed by atoms with Crippen molar-refractivity contribution < 1.29 is 14.2 Å². The molecule has 1 aromatic carbocycles. The van der Waals surface area contributed by atoms with Gasteiger partial charge in [0.1, 0.15) is 23.8 Å². The molecule has 3 aromatic rings. The first-order chi connectivity index (χ1) is 14.8. The minimum absolute atomic E-state index is 0.0908. The number of benzene rings is 1. The van der Waals surface area contributed by atoms with Crippen molar-refractivity contribution in [2.75, 3.05) is 0 Å². The zero-order valence-electron chi connectivity index (χ0n) is 18.0. The number of rotatable bonds is 3. The number of ether oxygens (including phenoxy) is 1. The predicted octanol–water partition coefficient (Wildman–Crippen LogP) is 4.47. The first-order valence-corrected chi connectivity index (χ1v) is 10.7. The molecule has 5 nitrogen and oxygen atoms in total. The summed E-state index contributed by atoms with van der Waals surface area (Å²) in [5.74, 6) is -0.0437. The Labute approximate surface area is 179 Å². The summed E-state index contributed by atoms with van der Waals surface area (Å²) in [6, 6.07) is 5.17. The molecule has 1 N–H and O–H groups in total. The molecule has 0 bridgehead atoms. The molecule has 2 aromatic heterocycles. The first kappa shape index (κ1) is 19.9. The molecule has 5 rings (SSSR count). The van der Waals surface area contributed by atoms with Gasteiger partial charge in [-0.05, 0) is 43.0 Å². The second-order valence-electron chi connectivity index (χ2n) is 8.52. The summed E-state index contributed by atoms with van der Waals surface area (Å²) in [6.45, 7) is 10.1. The van der Waals surface area contributed by atoms with Gasteiger partial charge in [0.25, 0.3) is 5.56 Å². The molecule has 1 atom stereocenters. The number of fused-ring (bicyclic) bond motifs is 5. The highest BCUT2D eigenvalue weighted by Crippen LogP contribution is 2.43. The predicted molar refractivity (Wildman–Crippen MR) is 117 cm³/mol. The molecule has 31 heavy (non-hydrogen) atoms. The van der Waals surface area contributed by atoms with Gasteiger partial charge in [-0.15, -0.1) is 0 Å². The molecule has 6 heteroatoms. The van der Waals surface area contributed by atoms with Crippen molar-refractivity contribution in [3.8, 4) is 11.4 Å². The van der Waals surface area contributed by atoms with E-state index in [1.165, 1.54) is 6.07 Å². The van der Waals surface area contributed by atoms with Crippen LogP contribution in [0.1, 0.15) is 54.5 Å². The Bertz CT molecular complexity index is 1340. The maximum Gasteiger partial charge on any atom is 0.258 e. The van der Waals surface area contributed by atoms with Gasteiger partial charge in [-0.2, -0.15) is 0 Å². The van der Waals surface area contributed by atoms with E-state index in [0.29, 0.717) is 46.6 Å². The summed E-state index contributed by atoms with van der Waals surface area (Å²) in [5.41, 5.74) is 4.01. The number of pyridine rings is 2. The highest BCUT2D eigenvalue weighted by atomic mass is 19.1. The fraction of sp³-hybridized carbons (Fsp3) is 0.360. The normalized spacial score (nSPS) is 19.2. The molecule has 0 unspecified atom stereocenters. The summed E-state index contributed by atoms with van der Waals surface area (Å²) in [4.78, 5) is 18.2. The van der Waals surface area contributed by atoms with Gasteiger partial charge in [-0.1, -0.05) is 26.8 Å². The van der Waals surface area contributed by atoms with Crippen molar-refractivity contribution in [1.29, 1.82) is 0 Å². The van der Waals surface area contributed by atoms with Crippen molar-refractivity contribution in [2.24, 2.45) is 0 Å². The maximum absolute atomic E-state index is 14.3. The van der Waals surface area contributed by atoms with Crippen molar-refractivity contribution in [3.05, 3.63) is 74.5 Å². The van der Waals surface area contributed by atoms with Gasteiger partial charge < -0.3 is 14.4 Å². The Hall–Kier alpha value is -2.99. The zero-order chi connectivity index (χ0) is 22.1. The molecule has 4 heterocycles. The largest absolute Gasteiger partial charge is 0.490 e. The summed E-state index contributed by atoms with van der Waals surface area (Å²) in [6.07, 6.45) is 2.08. The van der Waals surface area contributed by atoms with Crippen LogP contribution in [-0.2, 0) is 29.9 Å². The van der Waals surface area contributed by atoms with Crippen LogP contribution in [0.25, 0.3) is 22.3 Å². The third-order valence-electron chi connectivity index (χ3n) is 6.75. The van der Waals surface area contributed by atoms with Crippen LogP contribution in [0.3, 0.4) is 0 Å². The molecule has 0 spiro atoms. The van der Waals surface area contributed by atoms with Gasteiger partial charge in [0, 0.05) is 22.6 Å². The lowest BCUT2D eigenvalue weighted by Gasteiger charge is -2.35. The second kappa shape index (κ2) is 6.76. The number of aryl methyl sites for hydroxylation is 2. The third-order valence-corrected chi connectivity index (χ3v) is 6.75. The minimum Gasteiger partial charge on any atom is -0.490 e. The number of aliphatic hydroxyl groups is 1. The highest BCUT2D eigenvalue weighted by molar-refractivity contribution is 5.88. The Balaban J connectivity index is 1.84. The Kier molecular flexibility index (Phi) is 4.35. The van der Waals surface area contributed by atoms with Crippen LogP contribution in [-0.4, -0.2) is 14.7 Å². The molecule has 0 saturated heterocycles. The number of nitrogens with zero attached hydrogens (tertiary/aromatic N) is 2. The Morgan fingerprint density at radius 1 is 1.29 bits per heavy atom. The molecule has 2 aliphatic rings. The van der Waals surface area contributed by atoms with Crippen molar-refractivity contribution in [1.82, 2.24) is 9.55 Å². The number of aromatic nitrogens is 2. The monoisotopic (exact) mass is 420 g/mol. The van der Waals surface area contributed by atoms with Gasteiger partial charge in [0.2, 0.25) is 0 Å². The van der Waals surface area contributed by atoms with Crippen LogP contribution in [0.4, 0.5) is 4.39 Å². The average Bonchev–Trinajstić information content (AvgIpc) is 3.11. The van der Waals surface area contributed by atoms with E-state index in [4.69, 9.17) is 9.72 Å².